The van der Waals surface area contributed by atoms with Crippen LogP contribution in [0.25, 0.3) is 0 Å². The number of hydrogen-bond acceptors (Lipinski definition) is 4. The van der Waals surface area contributed by atoms with Crippen LogP contribution in [0.4, 0.5) is 0 Å². The van der Waals surface area contributed by atoms with Crippen molar-refractivity contribution in [1.29, 1.82) is 0 Å². The Hall–Kier alpha value is -0.270. The SMILES string of the molecule is NC1CCN(Cc2cncc(I)n2)C1. The van der Waals surface area contributed by atoms with E-state index in [-0.39, 0.29) is 0 Å². The minimum Gasteiger partial charge on any atom is -0.326 e. The van der Waals surface area contributed by atoms with E-state index in [1.165, 1.54) is 0 Å². The first-order valence-corrected chi connectivity index (χ1v) is 5.76. The fourth-order valence-electron chi connectivity index (χ4n) is 1.69. The number of hydrogen-bond donors (Lipinski definition) is 1. The minimum atomic E-state index is 0.339. The van der Waals surface area contributed by atoms with E-state index < -0.39 is 0 Å². The highest BCUT2D eigenvalue weighted by Gasteiger charge is 2.19. The normalized spacial score (nSPS) is 22.9. The Balaban J connectivity index is 1.97. The molecule has 2 rings (SSSR count). The van der Waals surface area contributed by atoms with Gasteiger partial charge in [-0.2, -0.15) is 0 Å². The van der Waals surface area contributed by atoms with Gasteiger partial charge in [-0.1, -0.05) is 0 Å². The highest BCUT2D eigenvalue weighted by Crippen LogP contribution is 2.10. The van der Waals surface area contributed by atoms with Crippen LogP contribution in [0.1, 0.15) is 12.1 Å². The number of likely N-dealkylation sites (tertiary alicyclic amines) is 1. The van der Waals surface area contributed by atoms with Crippen LogP contribution in [0.2, 0.25) is 0 Å². The Morgan fingerprint density at radius 3 is 3.07 bits per heavy atom. The summed E-state index contributed by atoms with van der Waals surface area (Å²) in [6.45, 7) is 2.93. The van der Waals surface area contributed by atoms with Crippen molar-refractivity contribution in [3.63, 3.8) is 0 Å². The largest absolute Gasteiger partial charge is 0.326 e. The van der Waals surface area contributed by atoms with Gasteiger partial charge in [0.2, 0.25) is 0 Å². The van der Waals surface area contributed by atoms with Gasteiger partial charge in [0.15, 0.2) is 0 Å². The lowest BCUT2D eigenvalue weighted by Gasteiger charge is -2.13. The molecule has 0 aromatic carbocycles. The zero-order valence-electron chi connectivity index (χ0n) is 7.86. The molecule has 0 spiro atoms. The van der Waals surface area contributed by atoms with Gasteiger partial charge in [0.1, 0.15) is 3.70 Å². The van der Waals surface area contributed by atoms with E-state index in [1.54, 1.807) is 6.20 Å². The lowest BCUT2D eigenvalue weighted by molar-refractivity contribution is 0.322. The van der Waals surface area contributed by atoms with Gasteiger partial charge < -0.3 is 5.73 Å². The van der Waals surface area contributed by atoms with Crippen molar-refractivity contribution in [3.05, 3.63) is 21.8 Å². The van der Waals surface area contributed by atoms with E-state index in [0.29, 0.717) is 6.04 Å². The molecular formula is C9H13IN4. The maximum Gasteiger partial charge on any atom is 0.119 e. The van der Waals surface area contributed by atoms with Gasteiger partial charge in [-0.3, -0.25) is 9.88 Å². The summed E-state index contributed by atoms with van der Waals surface area (Å²) in [6, 6.07) is 0.339. The Kier molecular flexibility index (Phi) is 3.30. The second kappa shape index (κ2) is 4.50. The average Bonchev–Trinajstić information content (AvgIpc) is 2.51. The second-order valence-electron chi connectivity index (χ2n) is 3.62. The van der Waals surface area contributed by atoms with E-state index in [1.807, 2.05) is 6.20 Å². The molecule has 0 saturated carbocycles. The Labute approximate surface area is 97.1 Å². The fourth-order valence-corrected chi connectivity index (χ4v) is 2.16. The maximum absolute atomic E-state index is 5.83. The number of rotatable bonds is 2. The zero-order chi connectivity index (χ0) is 9.97. The highest BCUT2D eigenvalue weighted by atomic mass is 127. The van der Waals surface area contributed by atoms with Gasteiger partial charge in [-0.05, 0) is 29.0 Å². The summed E-state index contributed by atoms with van der Waals surface area (Å²) in [7, 11) is 0. The van der Waals surface area contributed by atoms with Crippen LogP contribution < -0.4 is 5.73 Å². The third-order valence-electron chi connectivity index (χ3n) is 2.35. The predicted octanol–water partition coefficient (Wildman–Crippen LogP) is 0.614. The zero-order valence-corrected chi connectivity index (χ0v) is 10.0. The molecule has 1 aliphatic rings. The van der Waals surface area contributed by atoms with Crippen molar-refractivity contribution >= 4 is 22.6 Å². The van der Waals surface area contributed by atoms with Crippen molar-refractivity contribution in [2.75, 3.05) is 13.1 Å². The third-order valence-corrected chi connectivity index (χ3v) is 2.87. The molecule has 0 radical (unpaired) electrons. The first-order valence-electron chi connectivity index (χ1n) is 4.68. The molecule has 1 aliphatic heterocycles. The molecule has 1 unspecified atom stereocenters. The molecule has 0 amide bonds. The number of nitrogens with zero attached hydrogens (tertiary/aromatic N) is 3. The van der Waals surface area contributed by atoms with Crippen molar-refractivity contribution in [2.24, 2.45) is 5.73 Å². The van der Waals surface area contributed by atoms with Crippen molar-refractivity contribution in [3.8, 4) is 0 Å². The standard InChI is InChI=1S/C9H13IN4/c10-9-4-12-3-8(13-9)6-14-2-1-7(11)5-14/h3-4,7H,1-2,5-6,11H2. The number of aromatic nitrogens is 2. The molecule has 0 aliphatic carbocycles. The van der Waals surface area contributed by atoms with Crippen molar-refractivity contribution in [1.82, 2.24) is 14.9 Å². The van der Waals surface area contributed by atoms with Crippen LogP contribution in [0.3, 0.4) is 0 Å². The molecule has 76 valence electrons. The van der Waals surface area contributed by atoms with E-state index in [9.17, 15) is 0 Å². The fraction of sp³-hybridized carbons (Fsp3) is 0.556. The van der Waals surface area contributed by atoms with Crippen LogP contribution in [0.5, 0.6) is 0 Å². The van der Waals surface area contributed by atoms with E-state index in [4.69, 9.17) is 5.73 Å². The van der Waals surface area contributed by atoms with Crippen molar-refractivity contribution in [2.45, 2.75) is 19.0 Å². The highest BCUT2D eigenvalue weighted by molar-refractivity contribution is 14.1. The predicted molar refractivity (Wildman–Crippen MR) is 62.6 cm³/mol. The monoisotopic (exact) mass is 304 g/mol. The summed E-state index contributed by atoms with van der Waals surface area (Å²) in [5, 5.41) is 0. The molecule has 1 fully saturated rings. The summed E-state index contributed by atoms with van der Waals surface area (Å²) in [5.74, 6) is 0. The number of halogens is 1. The van der Waals surface area contributed by atoms with E-state index >= 15 is 0 Å². The lowest BCUT2D eigenvalue weighted by atomic mass is 10.3. The Morgan fingerprint density at radius 1 is 1.57 bits per heavy atom. The molecule has 1 aromatic rings. The first-order chi connectivity index (χ1) is 6.74. The summed E-state index contributed by atoms with van der Waals surface area (Å²) < 4.78 is 0.948. The molecule has 1 atom stereocenters. The summed E-state index contributed by atoms with van der Waals surface area (Å²) in [5.41, 5.74) is 6.86. The maximum atomic E-state index is 5.83. The second-order valence-corrected chi connectivity index (χ2v) is 4.72. The summed E-state index contributed by atoms with van der Waals surface area (Å²) in [4.78, 5) is 10.8. The van der Waals surface area contributed by atoms with Crippen molar-refractivity contribution < 1.29 is 0 Å². The van der Waals surface area contributed by atoms with Crippen LogP contribution in [0, 0.1) is 3.70 Å². The van der Waals surface area contributed by atoms with Gasteiger partial charge in [0.25, 0.3) is 0 Å². The van der Waals surface area contributed by atoms with Gasteiger partial charge in [0, 0.05) is 31.9 Å². The Bertz CT molecular complexity index is 317. The van der Waals surface area contributed by atoms with Gasteiger partial charge in [0.05, 0.1) is 11.9 Å². The van der Waals surface area contributed by atoms with E-state index in [2.05, 4.69) is 37.5 Å². The van der Waals surface area contributed by atoms with Crippen LogP contribution in [-0.4, -0.2) is 34.0 Å². The molecule has 4 nitrogen and oxygen atoms in total. The summed E-state index contributed by atoms with van der Waals surface area (Å²) >= 11 is 2.18. The van der Waals surface area contributed by atoms with Crippen LogP contribution >= 0.6 is 22.6 Å². The molecular weight excluding hydrogens is 291 g/mol. The molecule has 2 heterocycles. The number of nitrogens with two attached hydrogens (primary N) is 1. The van der Waals surface area contributed by atoms with Crippen LogP contribution in [0.15, 0.2) is 12.4 Å². The molecule has 1 aromatic heterocycles. The first kappa shape index (κ1) is 10.3. The van der Waals surface area contributed by atoms with Gasteiger partial charge >= 0.3 is 0 Å². The van der Waals surface area contributed by atoms with E-state index in [0.717, 1.165) is 35.4 Å². The molecule has 0 bridgehead atoms. The van der Waals surface area contributed by atoms with Gasteiger partial charge in [-0.25, -0.2) is 4.98 Å². The van der Waals surface area contributed by atoms with Crippen LogP contribution in [-0.2, 0) is 6.54 Å². The van der Waals surface area contributed by atoms with Gasteiger partial charge in [-0.15, -0.1) is 0 Å². The lowest BCUT2D eigenvalue weighted by Crippen LogP contribution is -2.26. The smallest absolute Gasteiger partial charge is 0.119 e. The average molecular weight is 304 g/mol. The summed E-state index contributed by atoms with van der Waals surface area (Å²) in [6.07, 6.45) is 4.68. The molecule has 5 heteroatoms. The third kappa shape index (κ3) is 2.61. The molecule has 14 heavy (non-hydrogen) atoms. The molecule has 2 N–H and O–H groups in total. The molecule has 1 saturated heterocycles. The Morgan fingerprint density at radius 2 is 2.43 bits per heavy atom. The topological polar surface area (TPSA) is 55.0 Å². The minimum absolute atomic E-state index is 0.339. The quantitative estimate of drug-likeness (QED) is 0.814.